The number of nitrogens with one attached hydrogen (secondary N) is 1. The minimum Gasteiger partial charge on any atom is -0.320 e. The van der Waals surface area contributed by atoms with Gasteiger partial charge in [0, 0.05) is 11.4 Å². The normalized spacial score (nSPS) is 11.6. The van der Waals surface area contributed by atoms with Crippen LogP contribution in [0.1, 0.15) is 30.3 Å². The minimum absolute atomic E-state index is 0. The fourth-order valence-corrected chi connectivity index (χ4v) is 2.83. The number of nitrogens with two attached hydrogens (primary N) is 1. The molecule has 0 spiro atoms. The molecule has 0 aliphatic rings. The molecule has 8 heteroatoms. The molecule has 0 aliphatic heterocycles. The van der Waals surface area contributed by atoms with Crippen LogP contribution in [0.25, 0.3) is 0 Å². The van der Waals surface area contributed by atoms with E-state index in [1.807, 2.05) is 31.2 Å². The lowest BCUT2D eigenvalue weighted by atomic mass is 10.2. The summed E-state index contributed by atoms with van der Waals surface area (Å²) in [5.41, 5.74) is 6.81. The lowest BCUT2D eigenvalue weighted by Crippen LogP contribution is -2.35. The average Bonchev–Trinajstić information content (AvgIpc) is 2.86. The Morgan fingerprint density at radius 2 is 2.23 bits per heavy atom. The van der Waals surface area contributed by atoms with Gasteiger partial charge in [-0.1, -0.05) is 48.4 Å². The Balaban J connectivity index is 0.00000242. The topological polar surface area (TPSA) is 80.9 Å². The number of amides is 1. The second-order valence-corrected chi connectivity index (χ2v) is 6.19. The number of aromatic nitrogens is 2. The Morgan fingerprint density at radius 3 is 2.91 bits per heavy atom. The maximum Gasteiger partial charge on any atom is 0.243 e. The zero-order valence-corrected chi connectivity index (χ0v) is 14.5. The van der Waals surface area contributed by atoms with Crippen molar-refractivity contribution in [2.24, 2.45) is 5.73 Å². The monoisotopic (exact) mass is 360 g/mol. The smallest absolute Gasteiger partial charge is 0.243 e. The summed E-state index contributed by atoms with van der Waals surface area (Å²) in [4.78, 5) is 11.8. The van der Waals surface area contributed by atoms with Gasteiger partial charge >= 0.3 is 0 Å². The maximum absolute atomic E-state index is 11.8. The molecule has 0 aliphatic carbocycles. The molecular formula is C14H18Cl2N4OS. The molecule has 1 atom stereocenters. The minimum atomic E-state index is -0.504. The molecule has 0 fully saturated rings. The van der Waals surface area contributed by atoms with Gasteiger partial charge in [0.25, 0.3) is 0 Å². The number of hydrogen-bond acceptors (Lipinski definition) is 5. The average molecular weight is 361 g/mol. The zero-order chi connectivity index (χ0) is 15.2. The third-order valence-corrected chi connectivity index (χ3v) is 3.95. The van der Waals surface area contributed by atoms with E-state index in [9.17, 15) is 4.79 Å². The standard InChI is InChI=1S/C14H17ClN4OS.ClH/c1-2-4-11(16)13(20)17-14-19-18-12(21-14)8-9-5-3-6-10(15)7-9;/h3,5-7,11H,2,4,8,16H2,1H3,(H,17,19,20);1H. The summed E-state index contributed by atoms with van der Waals surface area (Å²) in [5, 5.41) is 12.7. The third-order valence-electron chi connectivity index (χ3n) is 2.88. The molecule has 0 saturated heterocycles. The number of anilines is 1. The summed E-state index contributed by atoms with van der Waals surface area (Å²) in [6, 6.07) is 7.08. The van der Waals surface area contributed by atoms with Crippen LogP contribution in [0.15, 0.2) is 24.3 Å². The SMILES string of the molecule is CCCC(N)C(=O)Nc1nnc(Cc2cccc(Cl)c2)s1.Cl. The molecule has 0 saturated carbocycles. The van der Waals surface area contributed by atoms with Crippen molar-refractivity contribution in [3.05, 3.63) is 39.9 Å². The molecule has 0 radical (unpaired) electrons. The Morgan fingerprint density at radius 1 is 1.45 bits per heavy atom. The molecule has 1 aromatic carbocycles. The molecule has 2 rings (SSSR count). The summed E-state index contributed by atoms with van der Waals surface area (Å²) in [6.07, 6.45) is 2.15. The number of benzene rings is 1. The molecule has 1 aromatic heterocycles. The summed E-state index contributed by atoms with van der Waals surface area (Å²) in [7, 11) is 0. The van der Waals surface area contributed by atoms with Crippen molar-refractivity contribution in [3.8, 4) is 0 Å². The highest BCUT2D eigenvalue weighted by Gasteiger charge is 2.14. The van der Waals surface area contributed by atoms with E-state index in [4.69, 9.17) is 17.3 Å². The molecule has 1 unspecified atom stereocenters. The number of hydrogen-bond donors (Lipinski definition) is 2. The lowest BCUT2D eigenvalue weighted by molar-refractivity contribution is -0.117. The van der Waals surface area contributed by atoms with Gasteiger partial charge in [-0.3, -0.25) is 10.1 Å². The highest BCUT2D eigenvalue weighted by atomic mass is 35.5. The number of carbonyl (C=O) groups excluding carboxylic acids is 1. The molecule has 3 N–H and O–H groups in total. The van der Waals surface area contributed by atoms with Crippen molar-refractivity contribution < 1.29 is 4.79 Å². The van der Waals surface area contributed by atoms with E-state index in [1.165, 1.54) is 11.3 Å². The largest absolute Gasteiger partial charge is 0.320 e. The van der Waals surface area contributed by atoms with Gasteiger partial charge in [-0.05, 0) is 24.1 Å². The number of nitrogens with zero attached hydrogens (tertiary/aromatic N) is 2. The van der Waals surface area contributed by atoms with Gasteiger partial charge in [0.1, 0.15) is 5.01 Å². The van der Waals surface area contributed by atoms with E-state index >= 15 is 0 Å². The first-order valence-electron chi connectivity index (χ1n) is 6.71. The predicted octanol–water partition coefficient (Wildman–Crippen LogP) is 3.27. The summed E-state index contributed by atoms with van der Waals surface area (Å²) >= 11 is 7.29. The van der Waals surface area contributed by atoms with E-state index in [2.05, 4.69) is 15.5 Å². The molecule has 22 heavy (non-hydrogen) atoms. The molecule has 5 nitrogen and oxygen atoms in total. The van der Waals surface area contributed by atoms with Gasteiger partial charge in [-0.15, -0.1) is 22.6 Å². The predicted molar refractivity (Wildman–Crippen MR) is 92.9 cm³/mol. The molecule has 1 heterocycles. The van der Waals surface area contributed by atoms with Gasteiger partial charge in [0.2, 0.25) is 11.0 Å². The highest BCUT2D eigenvalue weighted by Crippen LogP contribution is 2.20. The first-order valence-corrected chi connectivity index (χ1v) is 7.91. The molecular weight excluding hydrogens is 343 g/mol. The van der Waals surface area contributed by atoms with Crippen molar-refractivity contribution in [2.45, 2.75) is 32.2 Å². The fourth-order valence-electron chi connectivity index (χ4n) is 1.84. The Hall–Kier alpha value is -1.21. The van der Waals surface area contributed by atoms with Crippen LogP contribution in [0.3, 0.4) is 0 Å². The quantitative estimate of drug-likeness (QED) is 0.828. The first-order chi connectivity index (χ1) is 10.1. The first kappa shape index (κ1) is 18.8. The Bertz CT molecular complexity index is 620. The molecule has 2 aromatic rings. The molecule has 1 amide bonds. The van der Waals surface area contributed by atoms with Crippen LogP contribution >= 0.6 is 35.3 Å². The number of halogens is 2. The van der Waals surface area contributed by atoms with Gasteiger partial charge in [0.15, 0.2) is 0 Å². The lowest BCUT2D eigenvalue weighted by Gasteiger charge is -2.08. The van der Waals surface area contributed by atoms with Crippen molar-refractivity contribution in [2.75, 3.05) is 5.32 Å². The van der Waals surface area contributed by atoms with Crippen LogP contribution < -0.4 is 11.1 Å². The van der Waals surface area contributed by atoms with Crippen LogP contribution in [-0.2, 0) is 11.2 Å². The van der Waals surface area contributed by atoms with Crippen LogP contribution in [0.4, 0.5) is 5.13 Å². The summed E-state index contributed by atoms with van der Waals surface area (Å²) in [6.45, 7) is 1.99. The Kier molecular flexibility index (Phi) is 7.75. The number of rotatable bonds is 6. The van der Waals surface area contributed by atoms with Crippen LogP contribution in [0, 0.1) is 0 Å². The van der Waals surface area contributed by atoms with Crippen molar-refractivity contribution in [1.29, 1.82) is 0 Å². The van der Waals surface area contributed by atoms with E-state index in [1.54, 1.807) is 0 Å². The van der Waals surface area contributed by atoms with Gasteiger partial charge in [-0.2, -0.15) is 0 Å². The van der Waals surface area contributed by atoms with Crippen molar-refractivity contribution in [1.82, 2.24) is 10.2 Å². The maximum atomic E-state index is 11.8. The summed E-state index contributed by atoms with van der Waals surface area (Å²) in [5.74, 6) is -0.220. The van der Waals surface area contributed by atoms with E-state index in [0.717, 1.165) is 17.0 Å². The second-order valence-electron chi connectivity index (χ2n) is 4.69. The van der Waals surface area contributed by atoms with Crippen LogP contribution in [0.2, 0.25) is 5.02 Å². The molecule has 0 bridgehead atoms. The van der Waals surface area contributed by atoms with Crippen molar-refractivity contribution >= 4 is 46.4 Å². The van der Waals surface area contributed by atoms with Crippen LogP contribution in [-0.4, -0.2) is 22.1 Å². The fraction of sp³-hybridized carbons (Fsp3) is 0.357. The highest BCUT2D eigenvalue weighted by molar-refractivity contribution is 7.15. The van der Waals surface area contributed by atoms with Gasteiger partial charge in [0.05, 0.1) is 6.04 Å². The van der Waals surface area contributed by atoms with Gasteiger partial charge < -0.3 is 5.73 Å². The number of carbonyl (C=O) groups is 1. The Labute approximate surface area is 144 Å². The molecule has 120 valence electrons. The zero-order valence-electron chi connectivity index (χ0n) is 12.1. The van der Waals surface area contributed by atoms with Crippen molar-refractivity contribution in [3.63, 3.8) is 0 Å². The third kappa shape index (κ3) is 5.53. The van der Waals surface area contributed by atoms with E-state index in [-0.39, 0.29) is 18.3 Å². The van der Waals surface area contributed by atoms with E-state index in [0.29, 0.717) is 23.0 Å². The van der Waals surface area contributed by atoms with Crippen LogP contribution in [0.5, 0.6) is 0 Å². The van der Waals surface area contributed by atoms with Gasteiger partial charge in [-0.25, -0.2) is 0 Å². The summed E-state index contributed by atoms with van der Waals surface area (Å²) < 4.78 is 0. The van der Waals surface area contributed by atoms with E-state index < -0.39 is 6.04 Å². The second kappa shape index (κ2) is 9.05.